The van der Waals surface area contributed by atoms with Gasteiger partial charge in [-0.05, 0) is 47.9 Å². The molecule has 208 valence electrons. The molecule has 3 rings (SSSR count). The molecular formula is C28H30BrCl2N3O4S. The van der Waals surface area contributed by atoms with Gasteiger partial charge in [-0.2, -0.15) is 0 Å². The number of hydrogen-bond acceptors (Lipinski definition) is 4. The van der Waals surface area contributed by atoms with Crippen molar-refractivity contribution in [1.82, 2.24) is 10.2 Å². The van der Waals surface area contributed by atoms with Crippen LogP contribution in [0, 0.1) is 0 Å². The summed E-state index contributed by atoms with van der Waals surface area (Å²) in [5.41, 5.74) is 1.84. The molecule has 0 bridgehead atoms. The van der Waals surface area contributed by atoms with Gasteiger partial charge in [-0.15, -0.1) is 0 Å². The minimum absolute atomic E-state index is 0.0916. The smallest absolute Gasteiger partial charge is 0.244 e. The number of nitrogens with zero attached hydrogens (tertiary/aromatic N) is 2. The van der Waals surface area contributed by atoms with Crippen molar-refractivity contribution in [2.45, 2.75) is 32.4 Å². The maximum atomic E-state index is 14.0. The van der Waals surface area contributed by atoms with Gasteiger partial charge in [0.25, 0.3) is 0 Å². The maximum Gasteiger partial charge on any atom is 0.244 e. The molecule has 1 atom stereocenters. The van der Waals surface area contributed by atoms with Gasteiger partial charge in [-0.1, -0.05) is 88.5 Å². The highest BCUT2D eigenvalue weighted by Gasteiger charge is 2.33. The maximum absolute atomic E-state index is 14.0. The summed E-state index contributed by atoms with van der Waals surface area (Å²) in [6.45, 7) is 1.95. The van der Waals surface area contributed by atoms with E-state index in [0.717, 1.165) is 32.6 Å². The van der Waals surface area contributed by atoms with Crippen molar-refractivity contribution < 1.29 is 18.0 Å². The van der Waals surface area contributed by atoms with Crippen LogP contribution in [0.3, 0.4) is 0 Å². The highest BCUT2D eigenvalue weighted by molar-refractivity contribution is 9.10. The van der Waals surface area contributed by atoms with Crippen molar-refractivity contribution in [1.29, 1.82) is 0 Å². The van der Waals surface area contributed by atoms with Gasteiger partial charge in [0.2, 0.25) is 21.8 Å². The number of halogens is 3. The van der Waals surface area contributed by atoms with E-state index in [1.54, 1.807) is 0 Å². The first-order chi connectivity index (χ1) is 18.5. The molecule has 0 radical (unpaired) electrons. The summed E-state index contributed by atoms with van der Waals surface area (Å²) in [7, 11) is -3.90. The number of sulfonamides is 1. The molecule has 0 spiro atoms. The lowest BCUT2D eigenvalue weighted by molar-refractivity contribution is -0.140. The van der Waals surface area contributed by atoms with E-state index in [9.17, 15) is 18.0 Å². The predicted molar refractivity (Wildman–Crippen MR) is 161 cm³/mol. The Morgan fingerprint density at radius 3 is 2.26 bits per heavy atom. The third kappa shape index (κ3) is 8.96. The number of carbonyl (C=O) groups excluding carboxylic acids is 2. The average Bonchev–Trinajstić information content (AvgIpc) is 2.89. The van der Waals surface area contributed by atoms with Crippen LogP contribution in [-0.4, -0.2) is 50.5 Å². The second-order valence-electron chi connectivity index (χ2n) is 9.02. The molecule has 7 nitrogen and oxygen atoms in total. The van der Waals surface area contributed by atoms with E-state index in [1.807, 2.05) is 61.5 Å². The summed E-state index contributed by atoms with van der Waals surface area (Å²) >= 11 is 15.6. The van der Waals surface area contributed by atoms with Gasteiger partial charge in [0.15, 0.2) is 0 Å². The number of anilines is 1. The fraction of sp³-hybridized carbons (Fsp3) is 0.286. The van der Waals surface area contributed by atoms with E-state index in [4.69, 9.17) is 23.2 Å². The van der Waals surface area contributed by atoms with Crippen molar-refractivity contribution in [3.05, 3.63) is 98.4 Å². The first-order valence-corrected chi connectivity index (χ1v) is 15.7. The molecule has 1 N–H and O–H groups in total. The quantitative estimate of drug-likeness (QED) is 0.272. The zero-order valence-corrected chi connectivity index (χ0v) is 25.5. The van der Waals surface area contributed by atoms with E-state index in [-0.39, 0.29) is 34.6 Å². The molecular weight excluding hydrogens is 625 g/mol. The fourth-order valence-electron chi connectivity index (χ4n) is 4.01. The van der Waals surface area contributed by atoms with Crippen LogP contribution in [0.5, 0.6) is 0 Å². The van der Waals surface area contributed by atoms with Gasteiger partial charge in [0.05, 0.1) is 22.0 Å². The van der Waals surface area contributed by atoms with E-state index < -0.39 is 28.5 Å². The minimum Gasteiger partial charge on any atom is -0.354 e. The molecule has 11 heteroatoms. The lowest BCUT2D eigenvalue weighted by Crippen LogP contribution is -2.53. The van der Waals surface area contributed by atoms with Crippen LogP contribution in [0.4, 0.5) is 5.69 Å². The van der Waals surface area contributed by atoms with Crippen molar-refractivity contribution in [2.24, 2.45) is 0 Å². The topological polar surface area (TPSA) is 86.8 Å². The third-order valence-corrected chi connectivity index (χ3v) is 8.31. The summed E-state index contributed by atoms with van der Waals surface area (Å²) in [5.74, 6) is -0.858. The third-order valence-electron chi connectivity index (χ3n) is 5.93. The highest BCUT2D eigenvalue weighted by atomic mass is 79.9. The molecule has 3 aromatic rings. The summed E-state index contributed by atoms with van der Waals surface area (Å²) in [4.78, 5) is 28.9. The molecule has 0 fully saturated rings. The Bertz CT molecular complexity index is 1410. The van der Waals surface area contributed by atoms with Crippen molar-refractivity contribution in [2.75, 3.05) is 23.7 Å². The minimum atomic E-state index is -3.90. The molecule has 0 aliphatic carbocycles. The lowest BCUT2D eigenvalue weighted by Gasteiger charge is -2.33. The normalized spacial score (nSPS) is 12.0. The summed E-state index contributed by atoms with van der Waals surface area (Å²) in [6.07, 6.45) is 1.99. The van der Waals surface area contributed by atoms with E-state index >= 15 is 0 Å². The molecule has 2 amide bonds. The summed E-state index contributed by atoms with van der Waals surface area (Å²) in [5, 5.41) is 3.32. The number of amides is 2. The summed E-state index contributed by atoms with van der Waals surface area (Å²) in [6, 6.07) is 20.3. The zero-order valence-electron chi connectivity index (χ0n) is 21.6. The second kappa shape index (κ2) is 14.2. The van der Waals surface area contributed by atoms with Crippen LogP contribution in [-0.2, 0) is 32.6 Å². The Balaban J connectivity index is 2.05. The number of carbonyl (C=O) groups is 2. The number of nitrogens with one attached hydrogen (secondary N) is 1. The first kappa shape index (κ1) is 30.9. The van der Waals surface area contributed by atoms with Gasteiger partial charge >= 0.3 is 0 Å². The molecule has 0 aliphatic heterocycles. The molecule has 39 heavy (non-hydrogen) atoms. The molecule has 0 saturated heterocycles. The molecule has 3 aromatic carbocycles. The Morgan fingerprint density at radius 2 is 1.64 bits per heavy atom. The van der Waals surface area contributed by atoms with Crippen molar-refractivity contribution in [3.63, 3.8) is 0 Å². The number of hydrogen-bond donors (Lipinski definition) is 1. The van der Waals surface area contributed by atoms with Gasteiger partial charge in [-0.25, -0.2) is 8.42 Å². The monoisotopic (exact) mass is 653 g/mol. The fourth-order valence-corrected chi connectivity index (χ4v) is 5.59. The van der Waals surface area contributed by atoms with Crippen molar-refractivity contribution in [3.8, 4) is 0 Å². The van der Waals surface area contributed by atoms with Crippen LogP contribution in [0.15, 0.2) is 77.3 Å². The van der Waals surface area contributed by atoms with Gasteiger partial charge in [-0.3, -0.25) is 13.9 Å². The van der Waals surface area contributed by atoms with Gasteiger partial charge in [0, 0.05) is 24.0 Å². The van der Waals surface area contributed by atoms with Crippen LogP contribution >= 0.6 is 39.1 Å². The van der Waals surface area contributed by atoms with E-state index in [2.05, 4.69) is 21.2 Å². The second-order valence-corrected chi connectivity index (χ2v) is 12.7. The van der Waals surface area contributed by atoms with Gasteiger partial charge < -0.3 is 10.2 Å². The van der Waals surface area contributed by atoms with E-state index in [1.165, 1.54) is 23.1 Å². The lowest BCUT2D eigenvalue weighted by atomic mass is 10.0. The van der Waals surface area contributed by atoms with Crippen molar-refractivity contribution >= 4 is 66.7 Å². The van der Waals surface area contributed by atoms with Crippen LogP contribution < -0.4 is 9.62 Å². The van der Waals surface area contributed by atoms with Crippen LogP contribution in [0.2, 0.25) is 10.0 Å². The molecule has 0 saturated carbocycles. The molecule has 0 aromatic heterocycles. The summed E-state index contributed by atoms with van der Waals surface area (Å²) < 4.78 is 27.4. The Morgan fingerprint density at radius 1 is 0.949 bits per heavy atom. The number of rotatable bonds is 12. The van der Waals surface area contributed by atoms with Gasteiger partial charge in [0.1, 0.15) is 12.6 Å². The van der Waals surface area contributed by atoms with Crippen LogP contribution in [0.1, 0.15) is 24.5 Å². The zero-order chi connectivity index (χ0) is 28.6. The predicted octanol–water partition coefficient (Wildman–Crippen LogP) is 5.69. The first-order valence-electron chi connectivity index (χ1n) is 12.3. The molecule has 0 unspecified atom stereocenters. The molecule has 0 heterocycles. The standard InChI is InChI=1S/C28H30BrCl2N3O4S/c1-3-14-32-28(36)26(16-20-8-5-4-6-9-20)33(18-21-10-7-11-22(29)15-21)27(35)19-34(39(2,37)38)23-12-13-24(30)25(31)17-23/h4-13,15,17,26H,3,14,16,18-19H2,1-2H3,(H,32,36)/t26-/m1/s1. The Hall–Kier alpha value is -2.59. The Kier molecular flexibility index (Phi) is 11.2. The van der Waals surface area contributed by atoms with E-state index in [0.29, 0.717) is 6.54 Å². The Labute approximate surface area is 248 Å². The van der Waals surface area contributed by atoms with Crippen LogP contribution in [0.25, 0.3) is 0 Å². The average molecular weight is 655 g/mol. The highest BCUT2D eigenvalue weighted by Crippen LogP contribution is 2.29. The molecule has 0 aliphatic rings. The largest absolute Gasteiger partial charge is 0.354 e. The SMILES string of the molecule is CCCNC(=O)[C@@H](Cc1ccccc1)N(Cc1cccc(Br)c1)C(=O)CN(c1ccc(Cl)c(Cl)c1)S(C)(=O)=O. The number of benzene rings is 3.